The van der Waals surface area contributed by atoms with E-state index in [1.54, 1.807) is 23.1 Å². The number of nitrogens with one attached hydrogen (secondary N) is 1. The fourth-order valence-electron chi connectivity index (χ4n) is 2.41. The summed E-state index contributed by atoms with van der Waals surface area (Å²) >= 11 is 0. The van der Waals surface area contributed by atoms with Crippen LogP contribution in [-0.2, 0) is 6.42 Å². The highest BCUT2D eigenvalue weighted by Gasteiger charge is 2.27. The summed E-state index contributed by atoms with van der Waals surface area (Å²) < 4.78 is 0. The number of amides is 1. The minimum absolute atomic E-state index is 0.227. The number of nitrogen functional groups attached to an aromatic ring is 1. The van der Waals surface area contributed by atoms with Crippen LogP contribution < -0.4 is 16.2 Å². The lowest BCUT2D eigenvalue weighted by Gasteiger charge is -2.18. The standard InChI is InChI=1S/C14H13N3O2/c15-10-4-1-3-9-7-8-17(13(9)10)14(19)11-5-2-6-12(18)16-11/h1-6H,7-8,15H2,(H,16,18). The van der Waals surface area contributed by atoms with Crippen LogP contribution in [0.2, 0.25) is 0 Å². The number of aromatic nitrogens is 1. The van der Waals surface area contributed by atoms with E-state index in [9.17, 15) is 9.59 Å². The number of aromatic amines is 1. The second-order valence-electron chi connectivity index (χ2n) is 4.49. The summed E-state index contributed by atoms with van der Waals surface area (Å²) in [6.45, 7) is 0.583. The van der Waals surface area contributed by atoms with Crippen LogP contribution in [0.1, 0.15) is 16.1 Å². The van der Waals surface area contributed by atoms with E-state index in [1.165, 1.54) is 6.07 Å². The Labute approximate surface area is 109 Å². The van der Waals surface area contributed by atoms with Gasteiger partial charge in [-0.25, -0.2) is 0 Å². The Kier molecular flexibility index (Phi) is 2.59. The van der Waals surface area contributed by atoms with Gasteiger partial charge < -0.3 is 15.6 Å². The Bertz CT molecular complexity index is 706. The number of benzene rings is 1. The lowest BCUT2D eigenvalue weighted by Crippen LogP contribution is -2.31. The molecule has 0 saturated carbocycles. The molecule has 1 aliphatic rings. The van der Waals surface area contributed by atoms with Crippen molar-refractivity contribution in [2.75, 3.05) is 17.2 Å². The molecule has 1 aliphatic heterocycles. The number of nitrogens with two attached hydrogens (primary N) is 1. The largest absolute Gasteiger partial charge is 0.397 e. The maximum atomic E-state index is 12.4. The third-order valence-corrected chi connectivity index (χ3v) is 3.27. The predicted molar refractivity (Wildman–Crippen MR) is 73.3 cm³/mol. The molecule has 0 unspecified atom stereocenters. The normalized spacial score (nSPS) is 13.4. The maximum Gasteiger partial charge on any atom is 0.274 e. The molecule has 2 heterocycles. The number of anilines is 2. The van der Waals surface area contributed by atoms with Crippen molar-refractivity contribution in [3.05, 3.63) is 58.0 Å². The molecular formula is C14H13N3O2. The summed E-state index contributed by atoms with van der Waals surface area (Å²) in [5.41, 5.74) is 8.35. The number of nitrogens with zero attached hydrogens (tertiary/aromatic N) is 1. The highest BCUT2D eigenvalue weighted by atomic mass is 16.2. The third kappa shape index (κ3) is 1.89. The van der Waals surface area contributed by atoms with E-state index in [0.29, 0.717) is 12.2 Å². The van der Waals surface area contributed by atoms with Crippen molar-refractivity contribution in [2.24, 2.45) is 0 Å². The molecule has 0 atom stereocenters. The SMILES string of the molecule is Nc1cccc2c1N(C(=O)c1cccc(=O)[nH]1)CC2. The lowest BCUT2D eigenvalue weighted by molar-refractivity contribution is 0.0984. The molecule has 0 spiro atoms. The number of carbonyl (C=O) groups excluding carboxylic acids is 1. The number of hydrogen-bond donors (Lipinski definition) is 2. The zero-order chi connectivity index (χ0) is 13.4. The minimum atomic E-state index is -0.286. The maximum absolute atomic E-state index is 12.4. The van der Waals surface area contributed by atoms with Crippen molar-refractivity contribution in [1.29, 1.82) is 0 Å². The van der Waals surface area contributed by atoms with Crippen molar-refractivity contribution in [1.82, 2.24) is 4.98 Å². The van der Waals surface area contributed by atoms with E-state index in [0.717, 1.165) is 17.7 Å². The third-order valence-electron chi connectivity index (χ3n) is 3.27. The Hall–Kier alpha value is -2.56. The zero-order valence-corrected chi connectivity index (χ0v) is 10.2. The van der Waals surface area contributed by atoms with E-state index in [4.69, 9.17) is 5.73 Å². The summed E-state index contributed by atoms with van der Waals surface area (Å²) in [6.07, 6.45) is 0.781. The van der Waals surface area contributed by atoms with Gasteiger partial charge in [0, 0.05) is 12.6 Å². The van der Waals surface area contributed by atoms with Crippen LogP contribution in [0.3, 0.4) is 0 Å². The van der Waals surface area contributed by atoms with Gasteiger partial charge in [0.25, 0.3) is 5.91 Å². The number of fused-ring (bicyclic) bond motifs is 1. The summed E-state index contributed by atoms with van der Waals surface area (Å²) in [4.78, 5) is 27.9. The first-order chi connectivity index (χ1) is 9.16. The minimum Gasteiger partial charge on any atom is -0.397 e. The van der Waals surface area contributed by atoms with Crippen molar-refractivity contribution < 1.29 is 4.79 Å². The average molecular weight is 255 g/mol. The van der Waals surface area contributed by atoms with Crippen LogP contribution >= 0.6 is 0 Å². The van der Waals surface area contributed by atoms with E-state index in [2.05, 4.69) is 4.98 Å². The van der Waals surface area contributed by atoms with E-state index >= 15 is 0 Å². The molecule has 0 saturated heterocycles. The molecule has 2 aromatic rings. The fraction of sp³-hybridized carbons (Fsp3) is 0.143. The van der Waals surface area contributed by atoms with Gasteiger partial charge in [-0.2, -0.15) is 0 Å². The smallest absolute Gasteiger partial charge is 0.274 e. The molecule has 96 valence electrons. The van der Waals surface area contributed by atoms with Gasteiger partial charge in [0.15, 0.2) is 0 Å². The highest BCUT2D eigenvalue weighted by molar-refractivity contribution is 6.07. The van der Waals surface area contributed by atoms with E-state index in [-0.39, 0.29) is 17.2 Å². The van der Waals surface area contributed by atoms with Gasteiger partial charge in [0.2, 0.25) is 5.56 Å². The van der Waals surface area contributed by atoms with Crippen LogP contribution in [0.25, 0.3) is 0 Å². The fourth-order valence-corrected chi connectivity index (χ4v) is 2.41. The topological polar surface area (TPSA) is 79.2 Å². The van der Waals surface area contributed by atoms with E-state index in [1.807, 2.05) is 12.1 Å². The molecule has 1 aromatic heterocycles. The number of pyridine rings is 1. The van der Waals surface area contributed by atoms with E-state index < -0.39 is 0 Å². The van der Waals surface area contributed by atoms with Crippen LogP contribution in [0.4, 0.5) is 11.4 Å². The Morgan fingerprint density at radius 1 is 1.21 bits per heavy atom. The molecular weight excluding hydrogens is 242 g/mol. The second-order valence-corrected chi connectivity index (χ2v) is 4.49. The molecule has 19 heavy (non-hydrogen) atoms. The van der Waals surface area contributed by atoms with Gasteiger partial charge in [-0.15, -0.1) is 0 Å². The number of H-pyrrole nitrogens is 1. The number of carbonyl (C=O) groups is 1. The van der Waals surface area contributed by atoms with Crippen LogP contribution in [0, 0.1) is 0 Å². The molecule has 5 heteroatoms. The van der Waals surface area contributed by atoms with Gasteiger partial charge in [-0.1, -0.05) is 18.2 Å². The first-order valence-corrected chi connectivity index (χ1v) is 6.05. The monoisotopic (exact) mass is 255 g/mol. The summed E-state index contributed by atoms with van der Waals surface area (Å²) in [7, 11) is 0. The van der Waals surface area contributed by atoms with Crippen molar-refractivity contribution in [3.63, 3.8) is 0 Å². The van der Waals surface area contributed by atoms with Crippen molar-refractivity contribution in [2.45, 2.75) is 6.42 Å². The highest BCUT2D eigenvalue weighted by Crippen LogP contribution is 2.34. The number of hydrogen-bond acceptors (Lipinski definition) is 3. The summed E-state index contributed by atoms with van der Waals surface area (Å²) in [5.74, 6) is -0.227. The lowest BCUT2D eigenvalue weighted by atomic mass is 10.1. The Balaban J connectivity index is 2.02. The number of rotatable bonds is 1. The van der Waals surface area contributed by atoms with Crippen molar-refractivity contribution in [3.8, 4) is 0 Å². The molecule has 3 N–H and O–H groups in total. The van der Waals surface area contributed by atoms with Gasteiger partial charge in [-0.05, 0) is 24.1 Å². The van der Waals surface area contributed by atoms with Gasteiger partial charge in [0.1, 0.15) is 5.69 Å². The molecule has 3 rings (SSSR count). The second kappa shape index (κ2) is 4.28. The molecule has 0 aliphatic carbocycles. The van der Waals surface area contributed by atoms with Gasteiger partial charge in [-0.3, -0.25) is 9.59 Å². The van der Waals surface area contributed by atoms with Crippen molar-refractivity contribution >= 4 is 17.3 Å². The quantitative estimate of drug-likeness (QED) is 0.750. The number of para-hydroxylation sites is 1. The molecule has 5 nitrogen and oxygen atoms in total. The molecule has 0 radical (unpaired) electrons. The summed E-state index contributed by atoms with van der Waals surface area (Å²) in [5, 5.41) is 0. The predicted octanol–water partition coefficient (Wildman–Crippen LogP) is 1.16. The first kappa shape index (κ1) is 11.5. The van der Waals surface area contributed by atoms with Gasteiger partial charge >= 0.3 is 0 Å². The molecule has 0 fully saturated rings. The summed E-state index contributed by atoms with van der Waals surface area (Å²) in [6, 6.07) is 10.2. The Morgan fingerprint density at radius 3 is 2.79 bits per heavy atom. The van der Waals surface area contributed by atoms with Gasteiger partial charge in [0.05, 0.1) is 11.4 Å². The molecule has 1 amide bonds. The molecule has 0 bridgehead atoms. The average Bonchev–Trinajstić information content (AvgIpc) is 2.83. The first-order valence-electron chi connectivity index (χ1n) is 6.05. The Morgan fingerprint density at radius 2 is 2.00 bits per heavy atom. The zero-order valence-electron chi connectivity index (χ0n) is 10.2. The molecule has 1 aromatic carbocycles. The van der Waals surface area contributed by atoms with Crippen LogP contribution in [-0.4, -0.2) is 17.4 Å². The van der Waals surface area contributed by atoms with Crippen LogP contribution in [0.15, 0.2) is 41.2 Å². The van der Waals surface area contributed by atoms with Crippen LogP contribution in [0.5, 0.6) is 0 Å².